The molecular formula is C36H33FN4O6S. The van der Waals surface area contributed by atoms with Gasteiger partial charge in [-0.2, -0.15) is 8.42 Å². The number of aromatic hydroxyl groups is 1. The van der Waals surface area contributed by atoms with Gasteiger partial charge in [0.05, 0.1) is 17.6 Å². The standard InChI is InChI=1S/C36H33FN4O6S/c1-36(2,3)47-35(43)40-48(44,45)39-30-27-15-10-20-38-31(27)33(46-32(24-11-6-4-7-12-24)25-13-8-5-9-14-25)29-28(30)22-41(34(29)42)21-23-16-18-26(37)19-17-23/h4-20,22,32,39,42H,21H2,1-3H3,(H,40,43). The summed E-state index contributed by atoms with van der Waals surface area (Å²) in [5.41, 5.74) is 1.69. The predicted octanol–water partition coefficient (Wildman–Crippen LogP) is 7.43. The van der Waals surface area contributed by atoms with Crippen molar-refractivity contribution in [2.45, 2.75) is 39.0 Å². The lowest BCUT2D eigenvalue weighted by Crippen LogP contribution is -2.39. The minimum absolute atomic E-state index is 0.0423. The van der Waals surface area contributed by atoms with Crippen LogP contribution >= 0.6 is 0 Å². The van der Waals surface area contributed by atoms with Crippen molar-refractivity contribution in [3.63, 3.8) is 0 Å². The lowest BCUT2D eigenvalue weighted by molar-refractivity contribution is 0.0570. The highest BCUT2D eigenvalue weighted by atomic mass is 32.2. The molecule has 0 aliphatic rings. The van der Waals surface area contributed by atoms with E-state index in [1.54, 1.807) is 51.2 Å². The number of rotatable bonds is 9. The van der Waals surface area contributed by atoms with Gasteiger partial charge < -0.3 is 19.1 Å². The minimum Gasteiger partial charge on any atom is -0.494 e. The zero-order chi connectivity index (χ0) is 34.1. The van der Waals surface area contributed by atoms with Gasteiger partial charge in [0, 0.05) is 23.2 Å². The maximum absolute atomic E-state index is 13.7. The van der Waals surface area contributed by atoms with Crippen LogP contribution in [0.4, 0.5) is 14.9 Å². The molecule has 2 heterocycles. The van der Waals surface area contributed by atoms with Crippen LogP contribution < -0.4 is 14.2 Å². The number of hydrogen-bond acceptors (Lipinski definition) is 7. The molecule has 0 unspecified atom stereocenters. The van der Waals surface area contributed by atoms with E-state index in [4.69, 9.17) is 9.47 Å². The molecule has 3 N–H and O–H groups in total. The average molecular weight is 669 g/mol. The molecule has 2 aromatic heterocycles. The highest BCUT2D eigenvalue weighted by molar-refractivity contribution is 7.91. The fourth-order valence-electron chi connectivity index (χ4n) is 5.41. The molecule has 0 saturated heterocycles. The number of fused-ring (bicyclic) bond motifs is 2. The van der Waals surface area contributed by atoms with E-state index in [-0.39, 0.29) is 40.2 Å². The summed E-state index contributed by atoms with van der Waals surface area (Å²) in [5, 5.41) is 12.6. The first-order valence-electron chi connectivity index (χ1n) is 15.1. The molecule has 0 aliphatic heterocycles. The Kier molecular flexibility index (Phi) is 8.67. The van der Waals surface area contributed by atoms with Crippen molar-refractivity contribution in [1.82, 2.24) is 14.3 Å². The van der Waals surface area contributed by atoms with Crippen molar-refractivity contribution in [1.29, 1.82) is 0 Å². The SMILES string of the molecule is CC(C)(C)OC(=O)NS(=O)(=O)Nc1c2cccnc2c(OC(c2ccccc2)c2ccccc2)c2c(O)n(Cc3ccc(F)cc3)cc12. The maximum Gasteiger partial charge on any atom is 0.422 e. The number of hydrogen-bond donors (Lipinski definition) is 3. The van der Waals surface area contributed by atoms with Gasteiger partial charge in [-0.3, -0.25) is 9.71 Å². The number of ether oxygens (including phenoxy) is 2. The number of benzene rings is 4. The Bertz CT molecular complexity index is 2160. The molecule has 48 heavy (non-hydrogen) atoms. The lowest BCUT2D eigenvalue weighted by Gasteiger charge is -2.23. The van der Waals surface area contributed by atoms with E-state index in [1.807, 2.05) is 65.4 Å². The van der Waals surface area contributed by atoms with E-state index in [9.17, 15) is 22.7 Å². The summed E-state index contributed by atoms with van der Waals surface area (Å²) in [6, 6.07) is 28.2. The van der Waals surface area contributed by atoms with Gasteiger partial charge in [-0.15, -0.1) is 0 Å². The Balaban J connectivity index is 1.56. The van der Waals surface area contributed by atoms with E-state index in [2.05, 4.69) is 9.71 Å². The largest absolute Gasteiger partial charge is 0.494 e. The Morgan fingerprint density at radius 2 is 1.54 bits per heavy atom. The molecule has 0 atom stereocenters. The van der Waals surface area contributed by atoms with Crippen LogP contribution in [-0.2, 0) is 21.5 Å². The van der Waals surface area contributed by atoms with E-state index >= 15 is 0 Å². The monoisotopic (exact) mass is 668 g/mol. The predicted molar refractivity (Wildman–Crippen MR) is 182 cm³/mol. The number of carbonyl (C=O) groups is 1. The smallest absolute Gasteiger partial charge is 0.422 e. The second kappa shape index (κ2) is 12.9. The van der Waals surface area contributed by atoms with E-state index in [0.29, 0.717) is 10.9 Å². The van der Waals surface area contributed by atoms with Crippen LogP contribution in [0.5, 0.6) is 11.6 Å². The zero-order valence-corrected chi connectivity index (χ0v) is 27.2. The molecule has 0 radical (unpaired) electrons. The number of halogens is 1. The summed E-state index contributed by atoms with van der Waals surface area (Å²) in [4.78, 5) is 17.0. The first-order valence-corrected chi connectivity index (χ1v) is 16.5. The summed E-state index contributed by atoms with van der Waals surface area (Å²) in [6.45, 7) is 4.95. The normalized spacial score (nSPS) is 11.9. The van der Waals surface area contributed by atoms with Crippen LogP contribution in [0.15, 0.2) is 109 Å². The van der Waals surface area contributed by atoms with Gasteiger partial charge >= 0.3 is 16.3 Å². The van der Waals surface area contributed by atoms with E-state index in [0.717, 1.165) is 11.1 Å². The van der Waals surface area contributed by atoms with Gasteiger partial charge in [0.15, 0.2) is 5.75 Å². The zero-order valence-electron chi connectivity index (χ0n) is 26.3. The first kappa shape index (κ1) is 32.3. The summed E-state index contributed by atoms with van der Waals surface area (Å²) in [5.74, 6) is -0.440. The van der Waals surface area contributed by atoms with Crippen molar-refractivity contribution in [2.75, 3.05) is 4.72 Å². The number of aromatic nitrogens is 2. The molecule has 246 valence electrons. The van der Waals surface area contributed by atoms with Gasteiger partial charge in [-0.1, -0.05) is 72.8 Å². The van der Waals surface area contributed by atoms with E-state index < -0.39 is 33.8 Å². The van der Waals surface area contributed by atoms with Crippen molar-refractivity contribution in [3.8, 4) is 11.6 Å². The molecule has 1 amide bonds. The Morgan fingerprint density at radius 1 is 0.917 bits per heavy atom. The number of nitrogens with zero attached hydrogens (tertiary/aromatic N) is 2. The van der Waals surface area contributed by atoms with Crippen LogP contribution in [0.3, 0.4) is 0 Å². The summed E-state index contributed by atoms with van der Waals surface area (Å²) < 4.78 is 58.2. The van der Waals surface area contributed by atoms with Crippen LogP contribution in [0.1, 0.15) is 43.6 Å². The Morgan fingerprint density at radius 3 is 2.15 bits per heavy atom. The molecule has 12 heteroatoms. The molecule has 0 fully saturated rings. The molecule has 4 aromatic carbocycles. The summed E-state index contributed by atoms with van der Waals surface area (Å²) >= 11 is 0. The maximum atomic E-state index is 13.7. The fraction of sp³-hybridized carbons (Fsp3) is 0.167. The average Bonchev–Trinajstić information content (AvgIpc) is 3.36. The van der Waals surface area contributed by atoms with Gasteiger partial charge in [-0.05, 0) is 61.7 Å². The third-order valence-electron chi connectivity index (χ3n) is 7.40. The highest BCUT2D eigenvalue weighted by Crippen LogP contribution is 2.47. The fourth-order valence-corrected chi connectivity index (χ4v) is 6.21. The van der Waals surface area contributed by atoms with Crippen molar-refractivity contribution < 1.29 is 32.2 Å². The van der Waals surface area contributed by atoms with Crippen molar-refractivity contribution in [2.24, 2.45) is 0 Å². The van der Waals surface area contributed by atoms with Crippen molar-refractivity contribution >= 4 is 43.7 Å². The molecule has 0 saturated carbocycles. The summed E-state index contributed by atoms with van der Waals surface area (Å²) in [6.07, 6.45) is 1.29. The van der Waals surface area contributed by atoms with Crippen molar-refractivity contribution in [3.05, 3.63) is 132 Å². The van der Waals surface area contributed by atoms with E-state index in [1.165, 1.54) is 22.9 Å². The molecule has 0 bridgehead atoms. The molecule has 10 nitrogen and oxygen atoms in total. The number of anilines is 1. The van der Waals surface area contributed by atoms with Crippen LogP contribution in [0, 0.1) is 5.82 Å². The van der Waals surface area contributed by atoms with Gasteiger partial charge in [-0.25, -0.2) is 13.9 Å². The third-order valence-corrected chi connectivity index (χ3v) is 8.31. The lowest BCUT2D eigenvalue weighted by atomic mass is 10.0. The highest BCUT2D eigenvalue weighted by Gasteiger charge is 2.29. The van der Waals surface area contributed by atoms with Gasteiger partial charge in [0.25, 0.3) is 0 Å². The molecule has 0 aliphatic carbocycles. The Labute approximate surface area is 277 Å². The van der Waals surface area contributed by atoms with Crippen LogP contribution in [0.2, 0.25) is 0 Å². The van der Waals surface area contributed by atoms with Gasteiger partial charge in [0.1, 0.15) is 23.0 Å². The number of pyridine rings is 1. The van der Waals surface area contributed by atoms with Crippen LogP contribution in [-0.4, -0.2) is 34.8 Å². The van der Waals surface area contributed by atoms with Gasteiger partial charge in [0.2, 0.25) is 5.88 Å². The van der Waals surface area contributed by atoms with Crippen LogP contribution in [0.25, 0.3) is 21.7 Å². The molecular weight excluding hydrogens is 635 g/mol. The topological polar surface area (TPSA) is 132 Å². The third kappa shape index (κ3) is 7.03. The Hall–Kier alpha value is -5.62. The second-order valence-corrected chi connectivity index (χ2v) is 13.5. The minimum atomic E-state index is -4.55. The number of amides is 1. The number of carbonyl (C=O) groups excluding carboxylic acids is 1. The molecule has 6 rings (SSSR count). The number of nitrogens with one attached hydrogen (secondary N) is 2. The quantitative estimate of drug-likeness (QED) is 0.146. The second-order valence-electron chi connectivity index (χ2n) is 12.1. The molecule has 0 spiro atoms. The first-order chi connectivity index (χ1) is 22.9. The summed E-state index contributed by atoms with van der Waals surface area (Å²) in [7, 11) is -4.55. The molecule has 6 aromatic rings.